The number of amides is 1. The molecule has 1 amide bonds. The van der Waals surface area contributed by atoms with E-state index in [2.05, 4.69) is 4.90 Å². The predicted molar refractivity (Wildman–Crippen MR) is 96.3 cm³/mol. The standard InChI is InChI=1S/C17H30N2O5.CH2O2/c1-16(22)5-11-24-17(15(16)21)3-7-19(8-4-17)14(20)2-6-18-9-12-23-13-10-18;2-1-3/h15,21-22H,2-13H2,1H3;1H,(H,2,3)/t15-,16+;/m0./s1. The van der Waals surface area contributed by atoms with Crippen molar-refractivity contribution in [2.75, 3.05) is 52.5 Å². The smallest absolute Gasteiger partial charge is 0.290 e. The molecule has 0 radical (unpaired) electrons. The Morgan fingerprint density at radius 1 is 1.15 bits per heavy atom. The van der Waals surface area contributed by atoms with Gasteiger partial charge in [-0.1, -0.05) is 0 Å². The van der Waals surface area contributed by atoms with Crippen molar-refractivity contribution in [2.45, 2.75) is 49.9 Å². The molecule has 3 rings (SSSR count). The maximum atomic E-state index is 12.4. The van der Waals surface area contributed by atoms with E-state index < -0.39 is 17.3 Å². The number of aliphatic hydroxyl groups excluding tert-OH is 1. The Labute approximate surface area is 159 Å². The summed E-state index contributed by atoms with van der Waals surface area (Å²) in [4.78, 5) is 24.9. The van der Waals surface area contributed by atoms with E-state index in [-0.39, 0.29) is 12.4 Å². The van der Waals surface area contributed by atoms with Gasteiger partial charge in [0.2, 0.25) is 5.91 Å². The number of carbonyl (C=O) groups is 2. The maximum Gasteiger partial charge on any atom is 0.290 e. The second-order valence-corrected chi connectivity index (χ2v) is 7.61. The lowest BCUT2D eigenvalue weighted by Gasteiger charge is -2.51. The summed E-state index contributed by atoms with van der Waals surface area (Å²) in [7, 11) is 0. The van der Waals surface area contributed by atoms with Gasteiger partial charge in [-0.25, -0.2) is 0 Å². The fourth-order valence-electron chi connectivity index (χ4n) is 4.03. The zero-order valence-electron chi connectivity index (χ0n) is 16.0. The van der Waals surface area contributed by atoms with Crippen LogP contribution in [0.2, 0.25) is 0 Å². The van der Waals surface area contributed by atoms with Crippen LogP contribution in [-0.2, 0) is 19.1 Å². The molecule has 9 heteroatoms. The first-order chi connectivity index (χ1) is 12.8. The number of hydrogen-bond donors (Lipinski definition) is 3. The number of carbonyl (C=O) groups excluding carboxylic acids is 1. The van der Waals surface area contributed by atoms with E-state index in [0.717, 1.165) is 32.8 Å². The average Bonchev–Trinajstić information content (AvgIpc) is 2.66. The molecule has 3 heterocycles. The van der Waals surface area contributed by atoms with Crippen molar-refractivity contribution in [3.8, 4) is 0 Å². The molecular weight excluding hydrogens is 356 g/mol. The predicted octanol–water partition coefficient (Wildman–Crippen LogP) is -0.697. The van der Waals surface area contributed by atoms with Gasteiger partial charge >= 0.3 is 0 Å². The van der Waals surface area contributed by atoms with Crippen molar-refractivity contribution in [2.24, 2.45) is 0 Å². The van der Waals surface area contributed by atoms with Gasteiger partial charge in [0.15, 0.2) is 0 Å². The normalized spacial score (nSPS) is 31.1. The van der Waals surface area contributed by atoms with Gasteiger partial charge in [-0.05, 0) is 19.8 Å². The van der Waals surface area contributed by atoms with Crippen LogP contribution in [0.4, 0.5) is 0 Å². The van der Waals surface area contributed by atoms with Crippen LogP contribution in [0.5, 0.6) is 0 Å². The van der Waals surface area contributed by atoms with Crippen LogP contribution in [0, 0.1) is 0 Å². The number of aliphatic hydroxyl groups is 2. The molecule has 3 aliphatic heterocycles. The lowest BCUT2D eigenvalue weighted by Crippen LogP contribution is -2.64. The van der Waals surface area contributed by atoms with Crippen molar-refractivity contribution in [3.63, 3.8) is 0 Å². The third kappa shape index (κ3) is 5.61. The maximum absolute atomic E-state index is 12.4. The zero-order valence-corrected chi connectivity index (χ0v) is 16.0. The molecule has 0 unspecified atom stereocenters. The molecule has 0 aromatic carbocycles. The van der Waals surface area contributed by atoms with Crippen LogP contribution in [0.15, 0.2) is 0 Å². The third-order valence-electron chi connectivity index (χ3n) is 5.79. The van der Waals surface area contributed by atoms with E-state index in [9.17, 15) is 15.0 Å². The summed E-state index contributed by atoms with van der Waals surface area (Å²) in [6, 6.07) is 0. The highest BCUT2D eigenvalue weighted by Gasteiger charge is 2.52. The molecule has 3 N–H and O–H groups in total. The lowest BCUT2D eigenvalue weighted by atomic mass is 9.75. The van der Waals surface area contributed by atoms with Crippen molar-refractivity contribution in [3.05, 3.63) is 0 Å². The SMILES string of the molecule is C[C@@]1(O)CCOC2(CCN(C(=O)CCN3CCOCC3)CC2)[C@H]1O.O=CO. The van der Waals surface area contributed by atoms with Gasteiger partial charge in [0.05, 0.1) is 25.4 Å². The molecular formula is C18H32N2O7. The van der Waals surface area contributed by atoms with Gasteiger partial charge in [-0.15, -0.1) is 0 Å². The fraction of sp³-hybridized carbons (Fsp3) is 0.889. The van der Waals surface area contributed by atoms with Gasteiger partial charge in [0.1, 0.15) is 11.7 Å². The molecule has 3 aliphatic rings. The molecule has 0 saturated carbocycles. The van der Waals surface area contributed by atoms with Crippen LogP contribution >= 0.6 is 0 Å². The zero-order chi connectivity index (χ0) is 19.9. The van der Waals surface area contributed by atoms with E-state index in [1.165, 1.54) is 0 Å². The molecule has 0 aromatic rings. The first-order valence-electron chi connectivity index (χ1n) is 9.55. The number of hydrogen-bond acceptors (Lipinski definition) is 7. The Morgan fingerprint density at radius 3 is 2.33 bits per heavy atom. The Kier molecular flexibility index (Phi) is 7.99. The van der Waals surface area contributed by atoms with Gasteiger partial charge in [0, 0.05) is 45.6 Å². The summed E-state index contributed by atoms with van der Waals surface area (Å²) >= 11 is 0. The van der Waals surface area contributed by atoms with E-state index >= 15 is 0 Å². The molecule has 0 aromatic heterocycles. The van der Waals surface area contributed by atoms with Gasteiger partial charge in [0.25, 0.3) is 6.47 Å². The number of likely N-dealkylation sites (tertiary alicyclic amines) is 1. The molecule has 0 bridgehead atoms. The Hall–Kier alpha value is -1.26. The van der Waals surface area contributed by atoms with E-state index in [0.29, 0.717) is 45.4 Å². The number of rotatable bonds is 3. The average molecular weight is 388 g/mol. The van der Waals surface area contributed by atoms with Crippen LogP contribution < -0.4 is 0 Å². The molecule has 3 saturated heterocycles. The first kappa shape index (κ1) is 22.0. The molecule has 27 heavy (non-hydrogen) atoms. The highest BCUT2D eigenvalue weighted by molar-refractivity contribution is 5.76. The third-order valence-corrected chi connectivity index (χ3v) is 5.79. The van der Waals surface area contributed by atoms with Crippen LogP contribution in [0.25, 0.3) is 0 Å². The second-order valence-electron chi connectivity index (χ2n) is 7.61. The van der Waals surface area contributed by atoms with E-state index in [1.807, 2.05) is 4.90 Å². The minimum atomic E-state index is -1.11. The molecule has 9 nitrogen and oxygen atoms in total. The van der Waals surface area contributed by atoms with Crippen LogP contribution in [0.3, 0.4) is 0 Å². The second kappa shape index (κ2) is 9.79. The summed E-state index contributed by atoms with van der Waals surface area (Å²) in [5.74, 6) is 0.161. The fourth-order valence-corrected chi connectivity index (χ4v) is 4.03. The summed E-state index contributed by atoms with van der Waals surface area (Å²) in [6.45, 7) is 7.08. The minimum absolute atomic E-state index is 0.161. The number of morpholine rings is 1. The van der Waals surface area contributed by atoms with Crippen molar-refractivity contribution < 1.29 is 34.4 Å². The largest absolute Gasteiger partial charge is 0.483 e. The van der Waals surface area contributed by atoms with E-state index in [1.54, 1.807) is 6.92 Å². The number of nitrogens with zero attached hydrogens (tertiary/aromatic N) is 2. The Balaban J connectivity index is 0.000000817. The first-order valence-corrected chi connectivity index (χ1v) is 9.55. The Morgan fingerprint density at radius 2 is 1.74 bits per heavy atom. The van der Waals surface area contributed by atoms with E-state index in [4.69, 9.17) is 19.4 Å². The van der Waals surface area contributed by atoms with Crippen LogP contribution in [0.1, 0.15) is 32.6 Å². The highest BCUT2D eigenvalue weighted by atomic mass is 16.5. The number of carboxylic acid groups (broad SMARTS) is 1. The molecule has 0 aliphatic carbocycles. The number of ether oxygens (including phenoxy) is 2. The summed E-state index contributed by atoms with van der Waals surface area (Å²) in [6.07, 6.45) is 1.22. The molecule has 3 fully saturated rings. The van der Waals surface area contributed by atoms with Crippen molar-refractivity contribution in [1.82, 2.24) is 9.80 Å². The highest BCUT2D eigenvalue weighted by Crippen LogP contribution is 2.39. The number of piperidine rings is 1. The summed E-state index contributed by atoms with van der Waals surface area (Å²) in [5, 5.41) is 27.7. The van der Waals surface area contributed by atoms with Crippen LogP contribution in [-0.4, -0.2) is 107 Å². The molecule has 156 valence electrons. The van der Waals surface area contributed by atoms with Crippen molar-refractivity contribution >= 4 is 12.4 Å². The van der Waals surface area contributed by atoms with Gasteiger partial charge in [-0.2, -0.15) is 0 Å². The topological polar surface area (TPSA) is 120 Å². The summed E-state index contributed by atoms with van der Waals surface area (Å²) in [5.41, 5.74) is -1.82. The summed E-state index contributed by atoms with van der Waals surface area (Å²) < 4.78 is 11.2. The van der Waals surface area contributed by atoms with Crippen molar-refractivity contribution in [1.29, 1.82) is 0 Å². The van der Waals surface area contributed by atoms with Gasteiger partial charge in [-0.3, -0.25) is 14.5 Å². The lowest BCUT2D eigenvalue weighted by molar-refractivity contribution is -0.245. The monoisotopic (exact) mass is 388 g/mol. The Bertz CT molecular complexity index is 486. The minimum Gasteiger partial charge on any atom is -0.483 e. The molecule has 2 atom stereocenters. The van der Waals surface area contributed by atoms with Gasteiger partial charge < -0.3 is 29.7 Å². The quantitative estimate of drug-likeness (QED) is 0.543. The molecule has 1 spiro atoms.